The van der Waals surface area contributed by atoms with Gasteiger partial charge in [0.1, 0.15) is 18.1 Å². The molecule has 0 aliphatic rings. The first-order valence-corrected chi connectivity index (χ1v) is 10.2. The van der Waals surface area contributed by atoms with Gasteiger partial charge in [-0.1, -0.05) is 18.2 Å². The molecule has 0 saturated carbocycles. The summed E-state index contributed by atoms with van der Waals surface area (Å²) in [6.07, 6.45) is 0.163. The van der Waals surface area contributed by atoms with Crippen molar-refractivity contribution in [2.75, 3.05) is 32.6 Å². The Bertz CT molecular complexity index is 974. The predicted octanol–water partition coefficient (Wildman–Crippen LogP) is 3.48. The fraction of sp³-hybridized carbons (Fsp3) is 0.227. The number of nitrogens with zero attached hydrogens (tertiary/aromatic N) is 2. The SMILES string of the molecule is COc1ccc(OCCN(C)C(=O)Cc2csc(NC(=O)c3ccccc3)n2)cc1. The van der Waals surface area contributed by atoms with E-state index in [-0.39, 0.29) is 18.2 Å². The van der Waals surface area contributed by atoms with Gasteiger partial charge in [-0.05, 0) is 36.4 Å². The van der Waals surface area contributed by atoms with E-state index in [1.165, 1.54) is 11.3 Å². The minimum Gasteiger partial charge on any atom is -0.497 e. The van der Waals surface area contributed by atoms with Gasteiger partial charge in [-0.2, -0.15) is 0 Å². The van der Waals surface area contributed by atoms with E-state index in [2.05, 4.69) is 10.3 Å². The molecule has 1 N–H and O–H groups in total. The first-order valence-electron chi connectivity index (χ1n) is 9.37. The highest BCUT2D eigenvalue weighted by molar-refractivity contribution is 7.14. The summed E-state index contributed by atoms with van der Waals surface area (Å²) in [5.74, 6) is 1.18. The van der Waals surface area contributed by atoms with Crippen LogP contribution in [-0.4, -0.2) is 49.0 Å². The summed E-state index contributed by atoms with van der Waals surface area (Å²) in [6, 6.07) is 16.2. The summed E-state index contributed by atoms with van der Waals surface area (Å²) in [7, 11) is 3.34. The van der Waals surface area contributed by atoms with Crippen LogP contribution >= 0.6 is 11.3 Å². The number of benzene rings is 2. The van der Waals surface area contributed by atoms with Gasteiger partial charge < -0.3 is 14.4 Å². The van der Waals surface area contributed by atoms with Crippen LogP contribution in [-0.2, 0) is 11.2 Å². The smallest absolute Gasteiger partial charge is 0.257 e. The number of nitrogens with one attached hydrogen (secondary N) is 1. The van der Waals surface area contributed by atoms with Crippen LogP contribution in [0.15, 0.2) is 60.0 Å². The highest BCUT2D eigenvalue weighted by Gasteiger charge is 2.14. The summed E-state index contributed by atoms with van der Waals surface area (Å²) in [6.45, 7) is 0.830. The molecule has 0 fully saturated rings. The molecule has 30 heavy (non-hydrogen) atoms. The Morgan fingerprint density at radius 1 is 1.07 bits per heavy atom. The van der Waals surface area contributed by atoms with Gasteiger partial charge in [0.15, 0.2) is 5.13 Å². The van der Waals surface area contributed by atoms with Crippen molar-refractivity contribution in [3.05, 3.63) is 71.2 Å². The van der Waals surface area contributed by atoms with Crippen molar-refractivity contribution < 1.29 is 19.1 Å². The van der Waals surface area contributed by atoms with E-state index in [1.54, 1.807) is 48.7 Å². The van der Waals surface area contributed by atoms with Crippen molar-refractivity contribution >= 4 is 28.3 Å². The van der Waals surface area contributed by atoms with E-state index in [4.69, 9.17) is 9.47 Å². The predicted molar refractivity (Wildman–Crippen MR) is 116 cm³/mol. The number of thiazole rings is 1. The molecule has 0 saturated heterocycles. The van der Waals surface area contributed by atoms with E-state index in [0.717, 1.165) is 11.5 Å². The van der Waals surface area contributed by atoms with Gasteiger partial charge >= 0.3 is 0 Å². The number of likely N-dealkylation sites (N-methyl/N-ethyl adjacent to an activating group) is 1. The average Bonchev–Trinajstić information content (AvgIpc) is 3.21. The van der Waals surface area contributed by atoms with Gasteiger partial charge in [0, 0.05) is 18.0 Å². The molecule has 1 heterocycles. The summed E-state index contributed by atoms with van der Waals surface area (Å²) in [5, 5.41) is 5.00. The topological polar surface area (TPSA) is 80.8 Å². The van der Waals surface area contributed by atoms with Gasteiger partial charge in [-0.3, -0.25) is 14.9 Å². The summed E-state index contributed by atoms with van der Waals surface area (Å²) < 4.78 is 10.8. The number of hydrogen-bond acceptors (Lipinski definition) is 6. The van der Waals surface area contributed by atoms with E-state index in [0.29, 0.717) is 29.5 Å². The maximum atomic E-state index is 12.4. The fourth-order valence-electron chi connectivity index (χ4n) is 2.59. The second-order valence-electron chi connectivity index (χ2n) is 6.48. The van der Waals surface area contributed by atoms with E-state index in [9.17, 15) is 9.59 Å². The average molecular weight is 426 g/mol. The molecular weight excluding hydrogens is 402 g/mol. The minimum atomic E-state index is -0.226. The van der Waals surface area contributed by atoms with Crippen LogP contribution in [0.3, 0.4) is 0 Å². The van der Waals surface area contributed by atoms with Crippen LogP contribution in [0.5, 0.6) is 11.5 Å². The maximum absolute atomic E-state index is 12.4. The number of anilines is 1. The highest BCUT2D eigenvalue weighted by Crippen LogP contribution is 2.18. The molecule has 0 bridgehead atoms. The van der Waals surface area contributed by atoms with Crippen LogP contribution in [0.25, 0.3) is 0 Å². The molecule has 2 aromatic carbocycles. The number of carbonyl (C=O) groups is 2. The number of hydrogen-bond donors (Lipinski definition) is 1. The van der Waals surface area contributed by atoms with Crippen LogP contribution in [0.2, 0.25) is 0 Å². The Labute approximate surface area is 179 Å². The van der Waals surface area contributed by atoms with Crippen molar-refractivity contribution in [2.45, 2.75) is 6.42 Å². The van der Waals surface area contributed by atoms with Crippen molar-refractivity contribution in [3.63, 3.8) is 0 Å². The van der Waals surface area contributed by atoms with Crippen LogP contribution in [0, 0.1) is 0 Å². The molecular formula is C22H23N3O4S. The largest absolute Gasteiger partial charge is 0.497 e. The number of methoxy groups -OCH3 is 1. The maximum Gasteiger partial charge on any atom is 0.257 e. The Morgan fingerprint density at radius 3 is 2.47 bits per heavy atom. The molecule has 3 aromatic rings. The monoisotopic (exact) mass is 425 g/mol. The molecule has 0 aliphatic heterocycles. The number of amides is 2. The third-order valence-electron chi connectivity index (χ3n) is 4.32. The molecule has 7 nitrogen and oxygen atoms in total. The zero-order chi connectivity index (χ0) is 21.3. The van der Waals surface area contributed by atoms with E-state index in [1.807, 2.05) is 30.3 Å². The highest BCUT2D eigenvalue weighted by atomic mass is 32.1. The first-order chi connectivity index (χ1) is 14.5. The lowest BCUT2D eigenvalue weighted by Crippen LogP contribution is -2.32. The molecule has 0 unspecified atom stereocenters. The lowest BCUT2D eigenvalue weighted by atomic mass is 10.2. The Morgan fingerprint density at radius 2 is 1.77 bits per heavy atom. The summed E-state index contributed by atoms with van der Waals surface area (Å²) in [4.78, 5) is 30.5. The molecule has 0 aliphatic carbocycles. The molecule has 2 amide bonds. The van der Waals surface area contributed by atoms with Gasteiger partial charge in [-0.25, -0.2) is 4.98 Å². The standard InChI is InChI=1S/C22H23N3O4S/c1-25(12-13-29-19-10-8-18(28-2)9-11-19)20(26)14-17-15-30-22(23-17)24-21(27)16-6-4-3-5-7-16/h3-11,15H,12-14H2,1-2H3,(H,23,24,27). The normalized spacial score (nSPS) is 10.3. The number of carbonyl (C=O) groups excluding carboxylic acids is 2. The van der Waals surface area contributed by atoms with Gasteiger partial charge in [0.05, 0.1) is 25.8 Å². The molecule has 8 heteroatoms. The van der Waals surface area contributed by atoms with Crippen LogP contribution in [0.4, 0.5) is 5.13 Å². The van der Waals surface area contributed by atoms with Crippen molar-refractivity contribution in [2.24, 2.45) is 0 Å². The van der Waals surface area contributed by atoms with Crippen molar-refractivity contribution in [1.82, 2.24) is 9.88 Å². The number of rotatable bonds is 9. The van der Waals surface area contributed by atoms with Gasteiger partial charge in [0.2, 0.25) is 5.91 Å². The van der Waals surface area contributed by atoms with Crippen molar-refractivity contribution in [3.8, 4) is 11.5 Å². The number of aromatic nitrogens is 1. The minimum absolute atomic E-state index is 0.0698. The molecule has 0 spiro atoms. The first kappa shape index (κ1) is 21.3. The van der Waals surface area contributed by atoms with Crippen molar-refractivity contribution in [1.29, 1.82) is 0 Å². The molecule has 0 atom stereocenters. The van der Waals surface area contributed by atoms with Crippen LogP contribution in [0.1, 0.15) is 16.1 Å². The molecule has 3 rings (SSSR count). The number of ether oxygens (including phenoxy) is 2. The van der Waals surface area contributed by atoms with Crippen LogP contribution < -0.4 is 14.8 Å². The Balaban J connectivity index is 1.44. The summed E-state index contributed by atoms with van der Waals surface area (Å²) in [5.41, 5.74) is 1.18. The van der Waals surface area contributed by atoms with E-state index >= 15 is 0 Å². The van der Waals surface area contributed by atoms with Gasteiger partial charge in [0.25, 0.3) is 5.91 Å². The second kappa shape index (κ2) is 10.4. The Kier molecular flexibility index (Phi) is 7.40. The lowest BCUT2D eigenvalue weighted by Gasteiger charge is -2.17. The molecule has 0 radical (unpaired) electrons. The fourth-order valence-corrected chi connectivity index (χ4v) is 3.30. The molecule has 1 aromatic heterocycles. The van der Waals surface area contributed by atoms with E-state index < -0.39 is 0 Å². The van der Waals surface area contributed by atoms with Gasteiger partial charge in [-0.15, -0.1) is 11.3 Å². The molecule has 156 valence electrons. The third-order valence-corrected chi connectivity index (χ3v) is 5.13. The zero-order valence-corrected chi connectivity index (χ0v) is 17.6. The zero-order valence-electron chi connectivity index (χ0n) is 16.8. The lowest BCUT2D eigenvalue weighted by molar-refractivity contribution is -0.129. The summed E-state index contributed by atoms with van der Waals surface area (Å²) >= 11 is 1.30. The quantitative estimate of drug-likeness (QED) is 0.568. The third kappa shape index (κ3) is 6.05. The Hall–Kier alpha value is -3.39. The second-order valence-corrected chi connectivity index (χ2v) is 7.34.